The first-order valence-electron chi connectivity index (χ1n) is 10.5. The quantitative estimate of drug-likeness (QED) is 0.687. The van der Waals surface area contributed by atoms with Crippen molar-refractivity contribution in [3.63, 3.8) is 0 Å². The number of ether oxygens (including phenoxy) is 2. The van der Waals surface area contributed by atoms with Crippen LogP contribution in [0.1, 0.15) is 36.7 Å². The highest BCUT2D eigenvalue weighted by atomic mass is 16.5. The van der Waals surface area contributed by atoms with Gasteiger partial charge >= 0.3 is 0 Å². The van der Waals surface area contributed by atoms with E-state index < -0.39 is 0 Å². The second-order valence-corrected chi connectivity index (χ2v) is 8.64. The molecule has 0 saturated carbocycles. The number of amides is 1. The molecular formula is C24H28N4O3. The van der Waals surface area contributed by atoms with Crippen LogP contribution in [-0.4, -0.2) is 49.3 Å². The van der Waals surface area contributed by atoms with Crippen molar-refractivity contribution in [2.24, 2.45) is 0 Å². The smallest absolute Gasteiger partial charge is 0.257 e. The number of methoxy groups -OCH3 is 1. The summed E-state index contributed by atoms with van der Waals surface area (Å²) in [5.74, 6) is 1.03. The number of aromatic nitrogens is 2. The number of carbonyl (C=O) groups is 1. The van der Waals surface area contributed by atoms with Crippen molar-refractivity contribution in [3.05, 3.63) is 53.6 Å². The predicted molar refractivity (Wildman–Crippen MR) is 122 cm³/mol. The van der Waals surface area contributed by atoms with Gasteiger partial charge in [-0.25, -0.2) is 9.97 Å². The van der Waals surface area contributed by atoms with Gasteiger partial charge in [-0.3, -0.25) is 4.79 Å². The van der Waals surface area contributed by atoms with E-state index in [2.05, 4.69) is 36.0 Å². The molecule has 4 rings (SSSR count). The van der Waals surface area contributed by atoms with Gasteiger partial charge in [-0.1, -0.05) is 32.9 Å². The lowest BCUT2D eigenvalue weighted by Gasteiger charge is -2.28. The van der Waals surface area contributed by atoms with Crippen LogP contribution in [0.25, 0.3) is 11.0 Å². The zero-order chi connectivity index (χ0) is 22.0. The standard InChI is InChI=1S/C24H28N4O3/c1-24(2,3)17-7-5-16(6-8-17)22(29)25-18-9-10-19-20(15-18)26-21(23(27-19)30-4)28-11-13-31-14-12-28/h5-10,15H,11-14H2,1-4H3,(H,25,29). The Balaban J connectivity index is 1.58. The van der Waals surface area contributed by atoms with Crippen molar-refractivity contribution in [1.29, 1.82) is 0 Å². The molecule has 0 radical (unpaired) electrons. The molecule has 1 fully saturated rings. The van der Waals surface area contributed by atoms with E-state index in [0.29, 0.717) is 47.2 Å². The van der Waals surface area contributed by atoms with Crippen molar-refractivity contribution < 1.29 is 14.3 Å². The number of fused-ring (bicyclic) bond motifs is 1. The topological polar surface area (TPSA) is 76.6 Å². The third kappa shape index (κ3) is 4.61. The van der Waals surface area contributed by atoms with Gasteiger partial charge in [-0.05, 0) is 41.3 Å². The molecule has 0 unspecified atom stereocenters. The van der Waals surface area contributed by atoms with Gasteiger partial charge in [0.1, 0.15) is 0 Å². The molecule has 1 N–H and O–H groups in total. The molecule has 0 spiro atoms. The van der Waals surface area contributed by atoms with Crippen molar-refractivity contribution in [3.8, 4) is 5.88 Å². The lowest BCUT2D eigenvalue weighted by molar-refractivity contribution is 0.102. The number of carbonyl (C=O) groups excluding carboxylic acids is 1. The molecule has 3 aromatic rings. The first kappa shape index (κ1) is 21.1. The number of anilines is 2. The monoisotopic (exact) mass is 420 g/mol. The summed E-state index contributed by atoms with van der Waals surface area (Å²) in [6.07, 6.45) is 0. The molecule has 1 aliphatic heterocycles. The Morgan fingerprint density at radius 3 is 2.39 bits per heavy atom. The largest absolute Gasteiger partial charge is 0.478 e. The van der Waals surface area contributed by atoms with Gasteiger partial charge < -0.3 is 19.7 Å². The summed E-state index contributed by atoms with van der Waals surface area (Å²) < 4.78 is 10.9. The maximum atomic E-state index is 12.7. The van der Waals surface area contributed by atoms with Crippen molar-refractivity contribution in [2.45, 2.75) is 26.2 Å². The van der Waals surface area contributed by atoms with Gasteiger partial charge in [0.25, 0.3) is 11.8 Å². The molecule has 162 valence electrons. The molecule has 31 heavy (non-hydrogen) atoms. The summed E-state index contributed by atoms with van der Waals surface area (Å²) in [4.78, 5) is 24.2. The Kier molecular flexibility index (Phi) is 5.78. The normalized spacial score (nSPS) is 14.5. The number of nitrogens with one attached hydrogen (secondary N) is 1. The average molecular weight is 421 g/mol. The SMILES string of the molecule is COc1nc2ccc(NC(=O)c3ccc(C(C)(C)C)cc3)cc2nc1N1CCOCC1. The van der Waals surface area contributed by atoms with E-state index in [4.69, 9.17) is 14.5 Å². The Hall–Kier alpha value is -3.19. The maximum Gasteiger partial charge on any atom is 0.257 e. The molecule has 1 aliphatic rings. The highest BCUT2D eigenvalue weighted by Gasteiger charge is 2.20. The highest BCUT2D eigenvalue weighted by Crippen LogP contribution is 2.29. The molecule has 0 aliphatic carbocycles. The lowest BCUT2D eigenvalue weighted by atomic mass is 9.87. The Bertz CT molecular complexity index is 1080. The second kappa shape index (κ2) is 8.51. The van der Waals surface area contributed by atoms with E-state index in [1.807, 2.05) is 42.5 Å². The fourth-order valence-corrected chi connectivity index (χ4v) is 3.55. The van der Waals surface area contributed by atoms with E-state index >= 15 is 0 Å². The number of hydrogen-bond acceptors (Lipinski definition) is 6. The third-order valence-corrected chi connectivity index (χ3v) is 5.39. The van der Waals surface area contributed by atoms with Crippen LogP contribution in [0.3, 0.4) is 0 Å². The van der Waals surface area contributed by atoms with Crippen LogP contribution in [0.5, 0.6) is 5.88 Å². The van der Waals surface area contributed by atoms with Gasteiger partial charge in [0.15, 0.2) is 5.82 Å². The minimum absolute atomic E-state index is 0.0469. The summed E-state index contributed by atoms with van der Waals surface area (Å²) >= 11 is 0. The summed E-state index contributed by atoms with van der Waals surface area (Å²) in [5.41, 5.74) is 3.93. The Morgan fingerprint density at radius 2 is 1.74 bits per heavy atom. The van der Waals surface area contributed by atoms with Crippen LogP contribution in [0.2, 0.25) is 0 Å². The molecule has 7 heteroatoms. The summed E-state index contributed by atoms with van der Waals surface area (Å²) in [6, 6.07) is 13.2. The summed E-state index contributed by atoms with van der Waals surface area (Å²) in [6.45, 7) is 9.21. The van der Waals surface area contributed by atoms with Crippen molar-refractivity contribution >= 4 is 28.4 Å². The van der Waals surface area contributed by atoms with Crippen LogP contribution in [0.4, 0.5) is 11.5 Å². The van der Waals surface area contributed by atoms with Gasteiger partial charge in [0.05, 0.1) is 31.4 Å². The number of nitrogens with zero attached hydrogens (tertiary/aromatic N) is 3. The first-order valence-corrected chi connectivity index (χ1v) is 10.5. The lowest BCUT2D eigenvalue weighted by Crippen LogP contribution is -2.37. The van der Waals surface area contributed by atoms with E-state index in [-0.39, 0.29) is 11.3 Å². The molecule has 2 aromatic carbocycles. The number of hydrogen-bond donors (Lipinski definition) is 1. The van der Waals surface area contributed by atoms with Gasteiger partial charge in [0.2, 0.25) is 0 Å². The van der Waals surface area contributed by atoms with E-state index in [0.717, 1.165) is 13.1 Å². The zero-order valence-electron chi connectivity index (χ0n) is 18.4. The predicted octanol–water partition coefficient (Wildman–Crippen LogP) is 4.02. The average Bonchev–Trinajstić information content (AvgIpc) is 2.78. The van der Waals surface area contributed by atoms with Crippen molar-refractivity contribution in [1.82, 2.24) is 9.97 Å². The van der Waals surface area contributed by atoms with Crippen LogP contribution >= 0.6 is 0 Å². The molecule has 1 amide bonds. The number of rotatable bonds is 4. The molecule has 0 atom stereocenters. The first-order chi connectivity index (χ1) is 14.8. The van der Waals surface area contributed by atoms with Crippen LogP contribution in [0.15, 0.2) is 42.5 Å². The molecular weight excluding hydrogens is 392 g/mol. The van der Waals surface area contributed by atoms with E-state index in [1.165, 1.54) is 5.56 Å². The number of benzene rings is 2. The van der Waals surface area contributed by atoms with Gasteiger partial charge in [-0.2, -0.15) is 0 Å². The summed E-state index contributed by atoms with van der Waals surface area (Å²) in [5, 5.41) is 2.96. The molecule has 2 heterocycles. The fraction of sp³-hybridized carbons (Fsp3) is 0.375. The zero-order valence-corrected chi connectivity index (χ0v) is 18.4. The Morgan fingerprint density at radius 1 is 1.03 bits per heavy atom. The molecule has 0 bridgehead atoms. The second-order valence-electron chi connectivity index (χ2n) is 8.64. The maximum absolute atomic E-state index is 12.7. The van der Waals surface area contributed by atoms with E-state index in [1.54, 1.807) is 7.11 Å². The summed E-state index contributed by atoms with van der Waals surface area (Å²) in [7, 11) is 1.60. The van der Waals surface area contributed by atoms with Gasteiger partial charge in [0, 0.05) is 24.3 Å². The Labute approximate surface area is 182 Å². The molecule has 1 saturated heterocycles. The molecule has 1 aromatic heterocycles. The van der Waals surface area contributed by atoms with Crippen molar-refractivity contribution in [2.75, 3.05) is 43.6 Å². The van der Waals surface area contributed by atoms with E-state index in [9.17, 15) is 4.79 Å². The van der Waals surface area contributed by atoms with Crippen LogP contribution < -0.4 is 15.0 Å². The fourth-order valence-electron chi connectivity index (χ4n) is 3.55. The molecule has 7 nitrogen and oxygen atoms in total. The van der Waals surface area contributed by atoms with Gasteiger partial charge in [-0.15, -0.1) is 0 Å². The highest BCUT2D eigenvalue weighted by molar-refractivity contribution is 6.05. The minimum atomic E-state index is -0.158. The number of morpholine rings is 1. The van der Waals surface area contributed by atoms with Crippen LogP contribution in [0, 0.1) is 0 Å². The minimum Gasteiger partial charge on any atom is -0.478 e. The third-order valence-electron chi connectivity index (χ3n) is 5.39. The van der Waals surface area contributed by atoms with Crippen LogP contribution in [-0.2, 0) is 10.2 Å².